The largest absolute Gasteiger partial charge is 0.352 e. The molecule has 0 aliphatic carbocycles. The lowest BCUT2D eigenvalue weighted by atomic mass is 10.00. The minimum Gasteiger partial charge on any atom is -0.352 e. The van der Waals surface area contributed by atoms with Gasteiger partial charge in [0.2, 0.25) is 5.91 Å². The lowest BCUT2D eigenvalue weighted by molar-refractivity contribution is -0.122. The maximum atomic E-state index is 12.8. The van der Waals surface area contributed by atoms with Gasteiger partial charge in [0.15, 0.2) is 0 Å². The van der Waals surface area contributed by atoms with Crippen LogP contribution in [0.25, 0.3) is 10.8 Å². The van der Waals surface area contributed by atoms with E-state index in [4.69, 9.17) is 0 Å². The second kappa shape index (κ2) is 8.48. The van der Waals surface area contributed by atoms with Crippen molar-refractivity contribution in [3.8, 4) is 0 Å². The van der Waals surface area contributed by atoms with Crippen molar-refractivity contribution in [3.63, 3.8) is 0 Å². The third-order valence-electron chi connectivity index (χ3n) is 5.16. The van der Waals surface area contributed by atoms with Gasteiger partial charge < -0.3 is 10.2 Å². The first-order chi connectivity index (χ1) is 13.0. The molecule has 0 saturated carbocycles. The number of likely N-dealkylation sites (N-methyl/N-ethyl adjacent to an activating group) is 1. The number of benzene rings is 1. The number of fused-ring (bicyclic) bond motifs is 1. The highest BCUT2D eigenvalue weighted by atomic mass is 16.2. The van der Waals surface area contributed by atoms with Gasteiger partial charge in [-0.25, -0.2) is 4.68 Å². The summed E-state index contributed by atoms with van der Waals surface area (Å²) in [7, 11) is 2.11. The Morgan fingerprint density at radius 3 is 2.70 bits per heavy atom. The van der Waals surface area contributed by atoms with Crippen LogP contribution < -0.4 is 10.9 Å². The van der Waals surface area contributed by atoms with E-state index in [1.54, 1.807) is 0 Å². The first kappa shape index (κ1) is 19.3. The molecule has 6 heteroatoms. The number of rotatable bonds is 6. The molecule has 2 heterocycles. The number of nitrogens with zero attached hydrogens (tertiary/aromatic N) is 3. The van der Waals surface area contributed by atoms with E-state index in [-0.39, 0.29) is 24.1 Å². The topological polar surface area (TPSA) is 67.2 Å². The monoisotopic (exact) mass is 368 g/mol. The van der Waals surface area contributed by atoms with Crippen molar-refractivity contribution < 1.29 is 4.79 Å². The summed E-state index contributed by atoms with van der Waals surface area (Å²) in [6.45, 7) is 5.87. The number of nitrogens with one attached hydrogen (secondary N) is 1. The van der Waals surface area contributed by atoms with Crippen LogP contribution in [0.2, 0.25) is 0 Å². The lowest BCUT2D eigenvalue weighted by Gasteiger charge is -2.22. The Balaban J connectivity index is 1.94. The summed E-state index contributed by atoms with van der Waals surface area (Å²) in [6.07, 6.45) is 4.80. The van der Waals surface area contributed by atoms with Crippen LogP contribution in [0, 0.1) is 0 Å². The van der Waals surface area contributed by atoms with E-state index in [1.165, 1.54) is 10.3 Å². The molecule has 144 valence electrons. The van der Waals surface area contributed by atoms with E-state index in [9.17, 15) is 9.59 Å². The molecule has 0 bridgehead atoms. The zero-order valence-electron chi connectivity index (χ0n) is 16.4. The van der Waals surface area contributed by atoms with Gasteiger partial charge in [-0.15, -0.1) is 0 Å². The summed E-state index contributed by atoms with van der Waals surface area (Å²) in [5, 5.41) is 8.97. The van der Waals surface area contributed by atoms with Gasteiger partial charge in [0.05, 0.1) is 11.1 Å². The van der Waals surface area contributed by atoms with E-state index < -0.39 is 0 Å². The fraction of sp³-hybridized carbons (Fsp3) is 0.476. The third kappa shape index (κ3) is 4.63. The number of aromatic nitrogens is 2. The van der Waals surface area contributed by atoms with Crippen LogP contribution in [0.5, 0.6) is 0 Å². The Bertz CT molecular complexity index is 916. The number of hydrogen-bond acceptors (Lipinski definition) is 4. The van der Waals surface area contributed by atoms with Crippen LogP contribution in [0.4, 0.5) is 0 Å². The van der Waals surface area contributed by atoms with Gasteiger partial charge in [0.1, 0.15) is 6.54 Å². The Labute approximate surface area is 159 Å². The van der Waals surface area contributed by atoms with Crippen molar-refractivity contribution >= 4 is 16.7 Å². The molecule has 0 spiro atoms. The molecule has 1 amide bonds. The molecule has 27 heavy (non-hydrogen) atoms. The molecule has 0 fully saturated rings. The molecule has 1 unspecified atom stereocenters. The molecule has 1 atom stereocenters. The van der Waals surface area contributed by atoms with Gasteiger partial charge in [-0.3, -0.25) is 9.59 Å². The molecule has 1 aliphatic rings. The standard InChI is InChI=1S/C21H28N4O2/c1-4-15(2)22-20(26)14-25-21(27)18-8-6-5-7-17(18)19(23-25)13-16-9-11-24(3)12-10-16/h5-9,15H,4,10-14H2,1-3H3,(H,22,26). The summed E-state index contributed by atoms with van der Waals surface area (Å²) >= 11 is 0. The number of carbonyl (C=O) groups excluding carboxylic acids is 1. The number of hydrogen-bond donors (Lipinski definition) is 1. The molecule has 3 rings (SSSR count). The molecular weight excluding hydrogens is 340 g/mol. The molecule has 0 radical (unpaired) electrons. The van der Waals surface area contributed by atoms with Gasteiger partial charge in [0, 0.05) is 30.9 Å². The van der Waals surface area contributed by atoms with Crippen molar-refractivity contribution in [3.05, 3.63) is 52.0 Å². The summed E-state index contributed by atoms with van der Waals surface area (Å²) in [5.41, 5.74) is 1.98. The lowest BCUT2D eigenvalue weighted by Crippen LogP contribution is -2.38. The highest BCUT2D eigenvalue weighted by Crippen LogP contribution is 2.20. The first-order valence-corrected chi connectivity index (χ1v) is 9.62. The first-order valence-electron chi connectivity index (χ1n) is 9.62. The predicted molar refractivity (Wildman–Crippen MR) is 108 cm³/mol. The minimum atomic E-state index is -0.217. The highest BCUT2D eigenvalue weighted by molar-refractivity contribution is 5.84. The van der Waals surface area contributed by atoms with Crippen LogP contribution in [0.1, 0.15) is 32.4 Å². The molecule has 0 saturated heterocycles. The number of carbonyl (C=O) groups is 1. The summed E-state index contributed by atoms with van der Waals surface area (Å²) in [4.78, 5) is 27.4. The van der Waals surface area contributed by atoms with Crippen LogP contribution in [0.3, 0.4) is 0 Å². The molecule has 1 aromatic heterocycles. The van der Waals surface area contributed by atoms with Gasteiger partial charge >= 0.3 is 0 Å². The van der Waals surface area contributed by atoms with Gasteiger partial charge in [-0.2, -0.15) is 5.10 Å². The molecule has 1 aromatic carbocycles. The summed E-state index contributed by atoms with van der Waals surface area (Å²) in [6, 6.07) is 7.62. The van der Waals surface area contributed by atoms with E-state index in [0.717, 1.165) is 37.0 Å². The van der Waals surface area contributed by atoms with E-state index in [1.807, 2.05) is 38.1 Å². The van der Waals surface area contributed by atoms with E-state index in [2.05, 4.69) is 28.4 Å². The number of amides is 1. The van der Waals surface area contributed by atoms with E-state index >= 15 is 0 Å². The Kier molecular flexibility index (Phi) is 6.06. The molecule has 1 N–H and O–H groups in total. The van der Waals surface area contributed by atoms with Crippen molar-refractivity contribution in [2.45, 2.75) is 45.7 Å². The van der Waals surface area contributed by atoms with Crippen molar-refractivity contribution in [2.24, 2.45) is 0 Å². The third-order valence-corrected chi connectivity index (χ3v) is 5.16. The Morgan fingerprint density at radius 2 is 2.04 bits per heavy atom. The van der Waals surface area contributed by atoms with Crippen LogP contribution in [0.15, 0.2) is 40.7 Å². The second-order valence-electron chi connectivity index (χ2n) is 7.38. The Hall–Kier alpha value is -2.47. The molecular formula is C21H28N4O2. The van der Waals surface area contributed by atoms with Crippen LogP contribution in [-0.2, 0) is 17.8 Å². The summed E-state index contributed by atoms with van der Waals surface area (Å²) in [5.74, 6) is -0.182. The van der Waals surface area contributed by atoms with Crippen molar-refractivity contribution in [1.29, 1.82) is 0 Å². The van der Waals surface area contributed by atoms with Crippen molar-refractivity contribution in [1.82, 2.24) is 20.0 Å². The van der Waals surface area contributed by atoms with Gasteiger partial charge in [-0.1, -0.05) is 36.8 Å². The Morgan fingerprint density at radius 1 is 1.30 bits per heavy atom. The zero-order chi connectivity index (χ0) is 19.4. The smallest absolute Gasteiger partial charge is 0.275 e. The molecule has 6 nitrogen and oxygen atoms in total. The summed E-state index contributed by atoms with van der Waals surface area (Å²) < 4.78 is 1.31. The SMILES string of the molecule is CCC(C)NC(=O)Cn1nc(CC2=CCN(C)CC2)c2ccccc2c1=O. The fourth-order valence-corrected chi connectivity index (χ4v) is 3.29. The van der Waals surface area contributed by atoms with Gasteiger partial charge in [-0.05, 0) is 32.9 Å². The van der Waals surface area contributed by atoms with Crippen LogP contribution >= 0.6 is 0 Å². The average Bonchev–Trinajstić information content (AvgIpc) is 2.67. The average molecular weight is 368 g/mol. The van der Waals surface area contributed by atoms with Gasteiger partial charge in [0.25, 0.3) is 5.56 Å². The van der Waals surface area contributed by atoms with Crippen molar-refractivity contribution in [2.75, 3.05) is 20.1 Å². The maximum absolute atomic E-state index is 12.8. The normalized spacial score (nSPS) is 16.2. The second-order valence-corrected chi connectivity index (χ2v) is 7.38. The van der Waals surface area contributed by atoms with Crippen LogP contribution in [-0.4, -0.2) is 46.8 Å². The van der Waals surface area contributed by atoms with E-state index in [0.29, 0.717) is 11.8 Å². The molecule has 2 aromatic rings. The quantitative estimate of drug-likeness (QED) is 0.793. The maximum Gasteiger partial charge on any atom is 0.275 e. The predicted octanol–water partition coefficient (Wildman–Crippen LogP) is 2.12. The minimum absolute atomic E-state index is 0.0528. The zero-order valence-corrected chi connectivity index (χ0v) is 16.4. The highest BCUT2D eigenvalue weighted by Gasteiger charge is 2.16. The fourth-order valence-electron chi connectivity index (χ4n) is 3.29. The molecule has 1 aliphatic heterocycles.